The second kappa shape index (κ2) is 8.86. The topological polar surface area (TPSA) is 77.5 Å². The number of hydrogen-bond acceptors (Lipinski definition) is 7. The molecule has 3 rings (SSSR count). The smallest absolute Gasteiger partial charge is 0.425 e. The minimum absolute atomic E-state index is 0.254. The minimum Gasteiger partial charge on any atom is -0.461 e. The van der Waals surface area contributed by atoms with Gasteiger partial charge in [0.05, 0.1) is 31.1 Å². The summed E-state index contributed by atoms with van der Waals surface area (Å²) >= 11 is 0.991. The van der Waals surface area contributed by atoms with Gasteiger partial charge in [-0.3, -0.25) is 9.05 Å². The van der Waals surface area contributed by atoms with Gasteiger partial charge in [0.25, 0.3) is 0 Å². The molecule has 0 aromatic heterocycles. The van der Waals surface area contributed by atoms with Crippen LogP contribution in [-0.4, -0.2) is 40.8 Å². The number of ether oxygens (including phenoxy) is 2. The molecular weight excluding hydrogens is 415 g/mol. The Bertz CT molecular complexity index is 794. The fourth-order valence-electron chi connectivity index (χ4n) is 3.23. The van der Waals surface area contributed by atoms with E-state index in [1.54, 1.807) is 20.2 Å². The summed E-state index contributed by atoms with van der Waals surface area (Å²) in [5, 5.41) is 0. The second-order valence-corrected chi connectivity index (χ2v) is 11.2. The summed E-state index contributed by atoms with van der Waals surface area (Å²) in [6.07, 6.45) is 6.95. The first-order valence-electron chi connectivity index (χ1n) is 9.78. The van der Waals surface area contributed by atoms with E-state index in [1.807, 2.05) is 32.9 Å². The first-order valence-corrected chi connectivity index (χ1v) is 12.0. The van der Waals surface area contributed by atoms with Crippen LogP contribution >= 0.6 is 19.9 Å². The third-order valence-electron chi connectivity index (χ3n) is 4.73. The van der Waals surface area contributed by atoms with Gasteiger partial charge in [0.15, 0.2) is 11.5 Å². The molecule has 0 aromatic carbocycles. The number of nitrogens with zero attached hydrogens (tertiary/aromatic N) is 2. The van der Waals surface area contributed by atoms with E-state index in [4.69, 9.17) is 18.5 Å². The molecule has 0 bridgehead atoms. The third kappa shape index (κ3) is 4.91. The summed E-state index contributed by atoms with van der Waals surface area (Å²) in [5.74, 6) is 1.09. The van der Waals surface area contributed by atoms with Crippen molar-refractivity contribution in [2.75, 3.05) is 20.2 Å². The van der Waals surface area contributed by atoms with Crippen molar-refractivity contribution in [1.29, 1.82) is 0 Å². The van der Waals surface area contributed by atoms with Crippen molar-refractivity contribution in [1.82, 2.24) is 8.38 Å². The molecule has 0 spiro atoms. The second-order valence-electron chi connectivity index (χ2n) is 7.91. The highest BCUT2D eigenvalue weighted by Gasteiger charge is 2.44. The van der Waals surface area contributed by atoms with Gasteiger partial charge in [-0.15, -0.1) is 4.08 Å². The van der Waals surface area contributed by atoms with Gasteiger partial charge in [-0.05, 0) is 31.4 Å². The number of amides is 1. The van der Waals surface area contributed by atoms with E-state index in [0.717, 1.165) is 37.0 Å². The number of unbranched alkanes of at least 4 members (excludes halogenated alkanes) is 1. The van der Waals surface area contributed by atoms with E-state index in [9.17, 15) is 9.36 Å². The minimum atomic E-state index is -3.45. The fraction of sp³-hybridized carbons (Fsp3) is 0.632. The summed E-state index contributed by atoms with van der Waals surface area (Å²) in [6.45, 7) is 8.58. The van der Waals surface area contributed by atoms with Gasteiger partial charge in [0, 0.05) is 19.0 Å². The van der Waals surface area contributed by atoms with Gasteiger partial charge >= 0.3 is 13.8 Å². The third-order valence-corrected chi connectivity index (χ3v) is 8.16. The highest BCUT2D eigenvalue weighted by Crippen LogP contribution is 2.60. The first-order chi connectivity index (χ1) is 13.7. The summed E-state index contributed by atoms with van der Waals surface area (Å²) in [4.78, 5) is 12.8. The number of carbonyl (C=O) groups excluding carboxylic acids is 1. The standard InChI is InChI=1S/C19H29N2O6PS/c1-6-7-10-21(28(23)25-13-14(2)27-28)29-20(5)18(22)26-17-16-15(9-8-11-24-16)12-19(17,3)4/h8-9,11,14H,6-7,10,12-13H2,1-5H3. The van der Waals surface area contributed by atoms with Crippen LogP contribution in [0.3, 0.4) is 0 Å². The Labute approximate surface area is 176 Å². The zero-order chi connectivity index (χ0) is 21.2. The molecule has 162 valence electrons. The first kappa shape index (κ1) is 22.4. The Kier molecular flexibility index (Phi) is 6.85. The molecule has 8 nitrogen and oxygen atoms in total. The normalized spacial score (nSPS) is 27.7. The molecule has 2 atom stereocenters. The lowest BCUT2D eigenvalue weighted by atomic mass is 9.90. The zero-order valence-electron chi connectivity index (χ0n) is 17.5. The molecular formula is C19H29N2O6PS. The van der Waals surface area contributed by atoms with Gasteiger partial charge in [-0.2, -0.15) is 0 Å². The van der Waals surface area contributed by atoms with Crippen LogP contribution in [0.5, 0.6) is 0 Å². The number of allylic oxidation sites excluding steroid dienone is 4. The molecule has 0 N–H and O–H groups in total. The summed E-state index contributed by atoms with van der Waals surface area (Å²) < 4.78 is 38.2. The molecule has 1 aliphatic carbocycles. The quantitative estimate of drug-likeness (QED) is 0.383. The van der Waals surface area contributed by atoms with Gasteiger partial charge < -0.3 is 9.47 Å². The van der Waals surface area contributed by atoms with Crippen LogP contribution in [0.1, 0.15) is 47.0 Å². The van der Waals surface area contributed by atoms with Crippen LogP contribution in [-0.2, 0) is 23.1 Å². The molecule has 1 fully saturated rings. The predicted molar refractivity (Wildman–Crippen MR) is 111 cm³/mol. The Morgan fingerprint density at radius 1 is 1.45 bits per heavy atom. The fourth-order valence-corrected chi connectivity index (χ4v) is 6.37. The van der Waals surface area contributed by atoms with E-state index < -0.39 is 13.8 Å². The number of carbonyl (C=O) groups is 1. The van der Waals surface area contributed by atoms with Crippen LogP contribution in [0.4, 0.5) is 4.79 Å². The van der Waals surface area contributed by atoms with Crippen LogP contribution in [0.15, 0.2) is 35.5 Å². The van der Waals surface area contributed by atoms with Crippen molar-refractivity contribution in [3.05, 3.63) is 35.5 Å². The lowest BCUT2D eigenvalue weighted by Crippen LogP contribution is -2.29. The summed E-state index contributed by atoms with van der Waals surface area (Å²) in [5.41, 5.74) is 0.641. The number of fused-ring (bicyclic) bond motifs is 1. The Morgan fingerprint density at radius 3 is 2.86 bits per heavy atom. The molecule has 3 aliphatic rings. The van der Waals surface area contributed by atoms with Gasteiger partial charge in [-0.1, -0.05) is 33.3 Å². The van der Waals surface area contributed by atoms with Crippen LogP contribution in [0.25, 0.3) is 0 Å². The molecule has 0 radical (unpaired) electrons. The van der Waals surface area contributed by atoms with Crippen LogP contribution in [0, 0.1) is 5.41 Å². The van der Waals surface area contributed by atoms with E-state index in [0.29, 0.717) is 18.1 Å². The highest BCUT2D eigenvalue weighted by atomic mass is 32.2. The maximum atomic E-state index is 13.1. The molecule has 0 aromatic rings. The van der Waals surface area contributed by atoms with E-state index in [2.05, 4.69) is 0 Å². The highest BCUT2D eigenvalue weighted by molar-refractivity contribution is 7.99. The molecule has 2 heterocycles. The van der Waals surface area contributed by atoms with Gasteiger partial charge in [0.2, 0.25) is 0 Å². The molecule has 1 amide bonds. The predicted octanol–water partition coefficient (Wildman–Crippen LogP) is 5.38. The number of rotatable bonds is 7. The molecule has 0 saturated carbocycles. The number of hydrogen-bond donors (Lipinski definition) is 0. The van der Waals surface area contributed by atoms with Crippen LogP contribution < -0.4 is 0 Å². The maximum absolute atomic E-state index is 13.1. The largest absolute Gasteiger partial charge is 0.461 e. The summed E-state index contributed by atoms with van der Waals surface area (Å²) in [6, 6.07) is 0. The molecule has 29 heavy (non-hydrogen) atoms. The maximum Gasteiger partial charge on any atom is 0.425 e. The Balaban J connectivity index is 1.71. The Morgan fingerprint density at radius 2 is 2.21 bits per heavy atom. The van der Waals surface area contributed by atoms with Gasteiger partial charge in [0.1, 0.15) is 0 Å². The molecule has 10 heteroatoms. The van der Waals surface area contributed by atoms with E-state index in [-0.39, 0.29) is 18.1 Å². The van der Waals surface area contributed by atoms with Gasteiger partial charge in [-0.25, -0.2) is 13.7 Å². The monoisotopic (exact) mass is 444 g/mol. The van der Waals surface area contributed by atoms with Crippen molar-refractivity contribution in [3.8, 4) is 0 Å². The van der Waals surface area contributed by atoms with E-state index >= 15 is 0 Å². The van der Waals surface area contributed by atoms with Crippen molar-refractivity contribution >= 4 is 26.0 Å². The van der Waals surface area contributed by atoms with Crippen molar-refractivity contribution in [2.24, 2.45) is 5.41 Å². The van der Waals surface area contributed by atoms with Crippen molar-refractivity contribution in [2.45, 2.75) is 53.1 Å². The zero-order valence-corrected chi connectivity index (χ0v) is 19.3. The molecule has 1 saturated heterocycles. The summed E-state index contributed by atoms with van der Waals surface area (Å²) in [7, 11) is -1.88. The average molecular weight is 444 g/mol. The van der Waals surface area contributed by atoms with E-state index in [1.165, 1.54) is 8.38 Å². The lowest BCUT2D eigenvalue weighted by Gasteiger charge is -2.29. The SMILES string of the molecule is CCCCN(SN(C)C(=O)OC1=C2OC=CC=C2CC1(C)C)P1(=O)OCC(C)O1. The van der Waals surface area contributed by atoms with Crippen molar-refractivity contribution in [3.63, 3.8) is 0 Å². The molecule has 2 unspecified atom stereocenters. The lowest BCUT2D eigenvalue weighted by molar-refractivity contribution is 0.134. The van der Waals surface area contributed by atoms with Crippen LogP contribution in [0.2, 0.25) is 0 Å². The molecule has 2 aliphatic heterocycles. The average Bonchev–Trinajstić information content (AvgIpc) is 3.14. The Hall–Kier alpha value is -1.25. The van der Waals surface area contributed by atoms with Crippen molar-refractivity contribution < 1.29 is 27.9 Å².